The van der Waals surface area contributed by atoms with Crippen LogP contribution in [0.4, 0.5) is 0 Å². The third kappa shape index (κ3) is 4.02. The van der Waals surface area contributed by atoms with E-state index in [1.807, 2.05) is 0 Å². The van der Waals surface area contributed by atoms with E-state index in [9.17, 15) is 9.90 Å². The van der Waals surface area contributed by atoms with Crippen molar-refractivity contribution < 1.29 is 9.90 Å². The number of aromatic carboxylic acids is 1. The van der Waals surface area contributed by atoms with Gasteiger partial charge in [0, 0.05) is 0 Å². The zero-order valence-electron chi connectivity index (χ0n) is 17.8. The average Bonchev–Trinajstić information content (AvgIpc) is 2.75. The fraction of sp³-hybridized carbons (Fsp3) is 0.731. The van der Waals surface area contributed by atoms with Crippen molar-refractivity contribution in [2.45, 2.75) is 121 Å². The average molecular weight is 383 g/mol. The summed E-state index contributed by atoms with van der Waals surface area (Å²) < 4.78 is 0. The molecule has 0 amide bonds. The van der Waals surface area contributed by atoms with Gasteiger partial charge in [-0.3, -0.25) is 0 Å². The van der Waals surface area contributed by atoms with Crippen molar-refractivity contribution in [3.05, 3.63) is 33.9 Å². The van der Waals surface area contributed by atoms with E-state index in [4.69, 9.17) is 0 Å². The lowest BCUT2D eigenvalue weighted by atomic mass is 9.71. The first-order valence-corrected chi connectivity index (χ1v) is 12.1. The molecule has 3 aliphatic rings. The smallest absolute Gasteiger partial charge is 0.336 e. The molecule has 2 heteroatoms. The van der Waals surface area contributed by atoms with Gasteiger partial charge >= 0.3 is 5.97 Å². The number of carboxylic acid groups (broad SMARTS) is 1. The van der Waals surface area contributed by atoms with Crippen LogP contribution in [0.15, 0.2) is 6.07 Å². The highest BCUT2D eigenvalue weighted by atomic mass is 16.4. The van der Waals surface area contributed by atoms with Crippen LogP contribution < -0.4 is 0 Å². The maximum absolute atomic E-state index is 12.6. The Morgan fingerprint density at radius 2 is 1.14 bits per heavy atom. The second-order valence-corrected chi connectivity index (χ2v) is 9.78. The molecule has 28 heavy (non-hydrogen) atoms. The molecule has 3 fully saturated rings. The van der Waals surface area contributed by atoms with Gasteiger partial charge in [0.05, 0.1) is 5.56 Å². The van der Waals surface area contributed by atoms with E-state index in [0.717, 1.165) is 5.56 Å². The van der Waals surface area contributed by atoms with Crippen LogP contribution >= 0.6 is 0 Å². The summed E-state index contributed by atoms with van der Waals surface area (Å²) in [5.74, 6) is 0.913. The van der Waals surface area contributed by atoms with Crippen LogP contribution in [0.25, 0.3) is 0 Å². The highest BCUT2D eigenvalue weighted by Crippen LogP contribution is 2.46. The summed E-state index contributed by atoms with van der Waals surface area (Å²) in [5, 5.41) is 10.3. The van der Waals surface area contributed by atoms with Crippen molar-refractivity contribution in [1.29, 1.82) is 0 Å². The van der Waals surface area contributed by atoms with Crippen molar-refractivity contribution in [1.82, 2.24) is 0 Å². The molecule has 2 nitrogen and oxygen atoms in total. The maximum Gasteiger partial charge on any atom is 0.336 e. The molecule has 0 unspecified atom stereocenters. The zero-order valence-corrected chi connectivity index (χ0v) is 17.8. The van der Waals surface area contributed by atoms with Gasteiger partial charge in [0.15, 0.2) is 0 Å². The third-order valence-electron chi connectivity index (χ3n) is 8.02. The molecule has 1 aromatic carbocycles. The fourth-order valence-corrected chi connectivity index (χ4v) is 6.56. The number of benzene rings is 1. The minimum atomic E-state index is -0.667. The Labute approximate surface area is 171 Å². The molecular formula is C26H38O2. The minimum Gasteiger partial charge on any atom is -0.478 e. The first kappa shape index (κ1) is 20.0. The SMILES string of the molecule is Cc1c(C2CCCCC2)cc(C2CCCCC2)c(C(=O)O)c1C1CCCCC1. The number of rotatable bonds is 4. The fourth-order valence-electron chi connectivity index (χ4n) is 6.56. The first-order chi connectivity index (χ1) is 13.7. The quantitative estimate of drug-likeness (QED) is 0.576. The lowest BCUT2D eigenvalue weighted by Crippen LogP contribution is -2.20. The van der Waals surface area contributed by atoms with Crippen LogP contribution in [0.5, 0.6) is 0 Å². The number of carboxylic acids is 1. The van der Waals surface area contributed by atoms with Gasteiger partial charge in [0.25, 0.3) is 0 Å². The Balaban J connectivity index is 1.85. The van der Waals surface area contributed by atoms with Crippen LogP contribution in [-0.4, -0.2) is 11.1 Å². The second-order valence-electron chi connectivity index (χ2n) is 9.78. The van der Waals surface area contributed by atoms with Gasteiger partial charge < -0.3 is 5.11 Å². The van der Waals surface area contributed by atoms with Gasteiger partial charge in [0.1, 0.15) is 0 Å². The zero-order chi connectivity index (χ0) is 19.5. The number of hydrogen-bond donors (Lipinski definition) is 1. The molecular weight excluding hydrogens is 344 g/mol. The van der Waals surface area contributed by atoms with Gasteiger partial charge in [-0.1, -0.05) is 63.9 Å². The monoisotopic (exact) mass is 382 g/mol. The predicted octanol–water partition coefficient (Wildman–Crippen LogP) is 7.84. The van der Waals surface area contributed by atoms with E-state index in [1.54, 1.807) is 0 Å². The summed E-state index contributed by atoms with van der Waals surface area (Å²) in [6, 6.07) is 2.39. The van der Waals surface area contributed by atoms with Crippen molar-refractivity contribution >= 4 is 5.97 Å². The maximum atomic E-state index is 12.6. The molecule has 0 aromatic heterocycles. The summed E-state index contributed by atoms with van der Waals surface area (Å²) >= 11 is 0. The summed E-state index contributed by atoms with van der Waals surface area (Å²) in [5.41, 5.74) is 6.03. The highest BCUT2D eigenvalue weighted by molar-refractivity contribution is 5.92. The summed E-state index contributed by atoms with van der Waals surface area (Å²) in [6.45, 7) is 2.25. The molecule has 1 aromatic rings. The van der Waals surface area contributed by atoms with E-state index in [-0.39, 0.29) is 0 Å². The second kappa shape index (κ2) is 9.01. The topological polar surface area (TPSA) is 37.3 Å². The van der Waals surface area contributed by atoms with Gasteiger partial charge in [-0.2, -0.15) is 0 Å². The van der Waals surface area contributed by atoms with Crippen LogP contribution in [0.2, 0.25) is 0 Å². The van der Waals surface area contributed by atoms with Crippen LogP contribution in [-0.2, 0) is 0 Å². The van der Waals surface area contributed by atoms with Gasteiger partial charge in [0.2, 0.25) is 0 Å². The molecule has 4 rings (SSSR count). The molecule has 0 atom stereocenters. The molecule has 1 N–H and O–H groups in total. The molecule has 0 spiro atoms. The number of carbonyl (C=O) groups is 1. The number of hydrogen-bond acceptors (Lipinski definition) is 1. The van der Waals surface area contributed by atoms with E-state index in [2.05, 4.69) is 13.0 Å². The van der Waals surface area contributed by atoms with Crippen molar-refractivity contribution in [2.24, 2.45) is 0 Å². The minimum absolute atomic E-state index is 0.463. The first-order valence-electron chi connectivity index (χ1n) is 12.1. The Morgan fingerprint density at radius 1 is 0.714 bits per heavy atom. The summed E-state index contributed by atoms with van der Waals surface area (Å²) in [6.07, 6.45) is 19.0. The Morgan fingerprint density at radius 3 is 1.61 bits per heavy atom. The molecule has 0 saturated heterocycles. The Bertz CT molecular complexity index is 687. The Hall–Kier alpha value is -1.31. The van der Waals surface area contributed by atoms with Gasteiger partial charge in [-0.05, 0) is 85.5 Å². The molecule has 0 heterocycles. The Kier molecular flexibility index (Phi) is 6.43. The normalized spacial score (nSPS) is 23.0. The molecule has 154 valence electrons. The summed E-state index contributed by atoms with van der Waals surface area (Å²) in [7, 11) is 0. The standard InChI is InChI=1S/C26H38O2/c1-18-22(19-11-5-2-6-12-19)17-23(20-13-7-3-8-14-20)25(26(27)28)24(18)21-15-9-4-10-16-21/h17,19-21H,2-16H2,1H3,(H,27,28). The van der Waals surface area contributed by atoms with E-state index in [0.29, 0.717) is 17.8 Å². The van der Waals surface area contributed by atoms with E-state index in [1.165, 1.54) is 119 Å². The summed E-state index contributed by atoms with van der Waals surface area (Å²) in [4.78, 5) is 12.6. The van der Waals surface area contributed by atoms with Gasteiger partial charge in [-0.25, -0.2) is 4.79 Å². The van der Waals surface area contributed by atoms with Crippen molar-refractivity contribution in [2.75, 3.05) is 0 Å². The van der Waals surface area contributed by atoms with E-state index < -0.39 is 5.97 Å². The third-order valence-corrected chi connectivity index (χ3v) is 8.02. The highest BCUT2D eigenvalue weighted by Gasteiger charge is 2.32. The molecule has 0 aliphatic heterocycles. The molecule has 3 saturated carbocycles. The molecule has 3 aliphatic carbocycles. The van der Waals surface area contributed by atoms with Crippen LogP contribution in [0, 0.1) is 6.92 Å². The predicted molar refractivity (Wildman–Crippen MR) is 116 cm³/mol. The molecule has 0 bridgehead atoms. The molecule has 0 radical (unpaired) electrons. The van der Waals surface area contributed by atoms with Crippen molar-refractivity contribution in [3.8, 4) is 0 Å². The van der Waals surface area contributed by atoms with Crippen molar-refractivity contribution in [3.63, 3.8) is 0 Å². The van der Waals surface area contributed by atoms with E-state index >= 15 is 0 Å². The van der Waals surface area contributed by atoms with Crippen LogP contribution in [0.1, 0.15) is 147 Å². The van der Waals surface area contributed by atoms with Gasteiger partial charge in [-0.15, -0.1) is 0 Å². The lowest BCUT2D eigenvalue weighted by Gasteiger charge is -2.33. The lowest BCUT2D eigenvalue weighted by molar-refractivity contribution is 0.0692. The largest absolute Gasteiger partial charge is 0.478 e. The van der Waals surface area contributed by atoms with Crippen LogP contribution in [0.3, 0.4) is 0 Å².